The van der Waals surface area contributed by atoms with Crippen LogP contribution < -0.4 is 9.47 Å². The molecular weight excluding hydrogens is 340 g/mol. The number of hydrogen-bond acceptors (Lipinski definition) is 7. The van der Waals surface area contributed by atoms with Crippen LogP contribution in [-0.4, -0.2) is 35.7 Å². The lowest BCUT2D eigenvalue weighted by Gasteiger charge is -2.18. The van der Waals surface area contributed by atoms with Gasteiger partial charge >= 0.3 is 5.97 Å². The Hall–Kier alpha value is -3.42. The van der Waals surface area contributed by atoms with Crippen LogP contribution in [0.2, 0.25) is 0 Å². The molecule has 0 radical (unpaired) electrons. The third kappa shape index (κ3) is 3.80. The normalized spacial score (nSPS) is 12.8. The SMILES string of the molecule is CCOC(=O)c1cc([N+](=O)[O-])cnc1C=Cc1ccc2c(c1)OCCO2. The number of carbonyl (C=O) groups excluding carboxylic acids is 1. The monoisotopic (exact) mass is 356 g/mol. The van der Waals surface area contributed by atoms with Crippen LogP contribution in [0.25, 0.3) is 12.2 Å². The number of benzene rings is 1. The molecule has 8 nitrogen and oxygen atoms in total. The summed E-state index contributed by atoms with van der Waals surface area (Å²) in [5.41, 5.74) is 0.854. The zero-order chi connectivity index (χ0) is 18.5. The van der Waals surface area contributed by atoms with Gasteiger partial charge in [0.2, 0.25) is 0 Å². The molecule has 1 aromatic carbocycles. The van der Waals surface area contributed by atoms with E-state index in [1.807, 2.05) is 6.07 Å². The highest BCUT2D eigenvalue weighted by Gasteiger charge is 2.18. The summed E-state index contributed by atoms with van der Waals surface area (Å²) in [6.45, 7) is 2.81. The van der Waals surface area contributed by atoms with Gasteiger partial charge in [-0.25, -0.2) is 9.78 Å². The Morgan fingerprint density at radius 2 is 2.04 bits per heavy atom. The molecule has 1 aliphatic heterocycles. The van der Waals surface area contributed by atoms with Crippen molar-refractivity contribution in [3.05, 3.63) is 57.4 Å². The first-order chi connectivity index (χ1) is 12.6. The molecule has 0 unspecified atom stereocenters. The van der Waals surface area contributed by atoms with Crippen molar-refractivity contribution in [3.8, 4) is 11.5 Å². The molecule has 1 aromatic heterocycles. The van der Waals surface area contributed by atoms with Crippen LogP contribution in [0.3, 0.4) is 0 Å². The zero-order valence-corrected chi connectivity index (χ0v) is 14.0. The van der Waals surface area contributed by atoms with Crippen molar-refractivity contribution < 1.29 is 23.9 Å². The van der Waals surface area contributed by atoms with Gasteiger partial charge in [-0.3, -0.25) is 10.1 Å². The lowest BCUT2D eigenvalue weighted by Crippen LogP contribution is -2.15. The van der Waals surface area contributed by atoms with E-state index in [1.54, 1.807) is 31.2 Å². The number of nitrogens with zero attached hydrogens (tertiary/aromatic N) is 2. The van der Waals surface area contributed by atoms with Crippen molar-refractivity contribution >= 4 is 23.8 Å². The molecule has 0 spiro atoms. The Morgan fingerprint density at radius 1 is 1.27 bits per heavy atom. The average molecular weight is 356 g/mol. The van der Waals surface area contributed by atoms with E-state index in [0.29, 0.717) is 24.7 Å². The van der Waals surface area contributed by atoms with E-state index < -0.39 is 10.9 Å². The molecule has 0 aliphatic carbocycles. The number of esters is 1. The number of fused-ring (bicyclic) bond motifs is 1. The summed E-state index contributed by atoms with van der Waals surface area (Å²) in [5.74, 6) is 0.653. The van der Waals surface area contributed by atoms with E-state index in [1.165, 1.54) is 0 Å². The fraction of sp³-hybridized carbons (Fsp3) is 0.222. The zero-order valence-electron chi connectivity index (χ0n) is 14.0. The number of rotatable bonds is 5. The smallest absolute Gasteiger partial charge is 0.340 e. The maximum Gasteiger partial charge on any atom is 0.340 e. The lowest BCUT2D eigenvalue weighted by molar-refractivity contribution is -0.385. The maximum atomic E-state index is 12.1. The van der Waals surface area contributed by atoms with Crippen LogP contribution in [0.15, 0.2) is 30.5 Å². The summed E-state index contributed by atoms with van der Waals surface area (Å²) in [6.07, 6.45) is 4.43. The van der Waals surface area contributed by atoms with Crippen LogP contribution in [0.1, 0.15) is 28.5 Å². The van der Waals surface area contributed by atoms with Crippen LogP contribution in [0.5, 0.6) is 11.5 Å². The minimum Gasteiger partial charge on any atom is -0.486 e. The first kappa shape index (κ1) is 17.4. The average Bonchev–Trinajstić information content (AvgIpc) is 2.66. The summed E-state index contributed by atoms with van der Waals surface area (Å²) < 4.78 is 16.0. The number of aromatic nitrogens is 1. The van der Waals surface area contributed by atoms with Crippen molar-refractivity contribution in [2.24, 2.45) is 0 Å². The number of ether oxygens (including phenoxy) is 3. The van der Waals surface area contributed by atoms with Crippen molar-refractivity contribution in [3.63, 3.8) is 0 Å². The summed E-state index contributed by atoms with van der Waals surface area (Å²) in [5, 5.41) is 10.9. The van der Waals surface area contributed by atoms with Crippen molar-refractivity contribution in [2.45, 2.75) is 6.92 Å². The largest absolute Gasteiger partial charge is 0.486 e. The minimum atomic E-state index is -0.662. The van der Waals surface area contributed by atoms with Crippen LogP contribution in [0.4, 0.5) is 5.69 Å². The van der Waals surface area contributed by atoms with Crippen LogP contribution in [0, 0.1) is 10.1 Å². The third-order valence-electron chi connectivity index (χ3n) is 3.61. The topological polar surface area (TPSA) is 101 Å². The quantitative estimate of drug-likeness (QED) is 0.461. The number of nitro groups is 1. The lowest BCUT2D eigenvalue weighted by atomic mass is 10.1. The Kier molecular flexibility index (Phi) is 5.12. The summed E-state index contributed by atoms with van der Waals surface area (Å²) >= 11 is 0. The summed E-state index contributed by atoms with van der Waals surface area (Å²) in [6, 6.07) is 6.60. The van der Waals surface area contributed by atoms with E-state index in [9.17, 15) is 14.9 Å². The predicted octanol–water partition coefficient (Wildman–Crippen LogP) is 3.11. The van der Waals surface area contributed by atoms with E-state index in [-0.39, 0.29) is 23.6 Å². The first-order valence-corrected chi connectivity index (χ1v) is 7.97. The number of carbonyl (C=O) groups is 1. The molecule has 0 amide bonds. The summed E-state index contributed by atoms with van der Waals surface area (Å²) in [7, 11) is 0. The fourth-order valence-electron chi connectivity index (χ4n) is 2.41. The van der Waals surface area contributed by atoms with Gasteiger partial charge in [0, 0.05) is 6.07 Å². The molecule has 0 bridgehead atoms. The maximum absolute atomic E-state index is 12.1. The molecule has 134 valence electrons. The second-order valence-electron chi connectivity index (χ2n) is 5.34. The highest BCUT2D eigenvalue weighted by molar-refractivity contribution is 5.94. The molecule has 8 heteroatoms. The Balaban J connectivity index is 1.91. The van der Waals surface area contributed by atoms with Crippen LogP contribution >= 0.6 is 0 Å². The number of hydrogen-bond donors (Lipinski definition) is 0. The van der Waals surface area contributed by atoms with Crippen molar-refractivity contribution in [1.82, 2.24) is 4.98 Å². The molecule has 0 fully saturated rings. The van der Waals surface area contributed by atoms with Gasteiger partial charge in [0.1, 0.15) is 19.4 Å². The standard InChI is InChI=1S/C18H16N2O6/c1-2-24-18(21)14-10-13(20(22)23)11-19-15(14)5-3-12-4-6-16-17(9-12)26-8-7-25-16/h3-6,9-11H,2,7-8H2,1H3. The molecule has 0 saturated carbocycles. The van der Waals surface area contributed by atoms with Gasteiger partial charge < -0.3 is 14.2 Å². The van der Waals surface area contributed by atoms with Gasteiger partial charge in [-0.15, -0.1) is 0 Å². The third-order valence-corrected chi connectivity index (χ3v) is 3.61. The van der Waals surface area contributed by atoms with Gasteiger partial charge in [0.15, 0.2) is 11.5 Å². The molecule has 1 aliphatic rings. The Bertz CT molecular complexity index is 878. The van der Waals surface area contributed by atoms with E-state index in [2.05, 4.69) is 4.98 Å². The second kappa shape index (κ2) is 7.64. The molecule has 2 heterocycles. The van der Waals surface area contributed by atoms with Gasteiger partial charge in [-0.1, -0.05) is 12.1 Å². The van der Waals surface area contributed by atoms with E-state index in [4.69, 9.17) is 14.2 Å². The summed E-state index contributed by atoms with van der Waals surface area (Å²) in [4.78, 5) is 26.4. The van der Waals surface area contributed by atoms with Gasteiger partial charge in [-0.05, 0) is 30.7 Å². The van der Waals surface area contributed by atoms with E-state index >= 15 is 0 Å². The highest BCUT2D eigenvalue weighted by atomic mass is 16.6. The molecule has 0 N–H and O–H groups in total. The molecule has 2 aromatic rings. The van der Waals surface area contributed by atoms with E-state index in [0.717, 1.165) is 17.8 Å². The predicted molar refractivity (Wildman–Crippen MR) is 93.2 cm³/mol. The molecule has 0 saturated heterocycles. The van der Waals surface area contributed by atoms with Gasteiger partial charge in [0.05, 0.1) is 22.8 Å². The molecule has 0 atom stereocenters. The van der Waals surface area contributed by atoms with Gasteiger partial charge in [-0.2, -0.15) is 0 Å². The Labute approximate surface area is 149 Å². The van der Waals surface area contributed by atoms with Crippen LogP contribution in [-0.2, 0) is 4.74 Å². The highest BCUT2D eigenvalue weighted by Crippen LogP contribution is 2.31. The molecule has 26 heavy (non-hydrogen) atoms. The second-order valence-corrected chi connectivity index (χ2v) is 5.34. The van der Waals surface area contributed by atoms with Crippen molar-refractivity contribution in [1.29, 1.82) is 0 Å². The Morgan fingerprint density at radius 3 is 2.77 bits per heavy atom. The van der Waals surface area contributed by atoms with Crippen molar-refractivity contribution in [2.75, 3.05) is 19.8 Å². The minimum absolute atomic E-state index is 0.0369. The van der Waals surface area contributed by atoms with Gasteiger partial charge in [0.25, 0.3) is 5.69 Å². The fourth-order valence-corrected chi connectivity index (χ4v) is 2.41. The first-order valence-electron chi connectivity index (χ1n) is 7.97. The number of pyridine rings is 1. The molecule has 3 rings (SSSR count). The molecular formula is C18H16N2O6.